The molecule has 0 aromatic carbocycles. The largest absolute Gasteiger partial charge is 0.544 e. The molecule has 7 rings (SSSR count). The van der Waals surface area contributed by atoms with Crippen molar-refractivity contribution >= 4 is 30.1 Å². The van der Waals surface area contributed by atoms with Gasteiger partial charge in [-0.3, -0.25) is 19.2 Å². The molecule has 45 nitrogen and oxygen atoms in total. The first-order valence-corrected chi connectivity index (χ1v) is 31.4. The van der Waals surface area contributed by atoms with Crippen molar-refractivity contribution in [1.82, 2.24) is 21.3 Å². The molecule has 0 radical (unpaired) electrons. The van der Waals surface area contributed by atoms with E-state index in [4.69, 9.17) is 66.3 Å². The lowest BCUT2D eigenvalue weighted by molar-refractivity contribution is -0.411. The highest BCUT2D eigenvalue weighted by molar-refractivity contribution is 5.75. The van der Waals surface area contributed by atoms with E-state index in [-0.39, 0.29) is 6.41 Å². The molecule has 25 N–H and O–H groups in total. The zero-order valence-electron chi connectivity index (χ0n) is 53.5. The zero-order valence-corrected chi connectivity index (χ0v) is 53.5. The van der Waals surface area contributed by atoms with Gasteiger partial charge in [-0.15, -0.1) is 0 Å². The fraction of sp³-hybridized carbons (Fsp3) is 0.909. The molecular formula is C55H91N4O41-. The number of rotatable bonds is 31. The van der Waals surface area contributed by atoms with Crippen molar-refractivity contribution in [3.05, 3.63) is 0 Å². The van der Waals surface area contributed by atoms with Crippen LogP contribution in [-0.2, 0) is 90.3 Å². The Kier molecular flexibility index (Phi) is 30.6. The van der Waals surface area contributed by atoms with E-state index >= 15 is 0 Å². The normalized spacial score (nSPS) is 45.0. The highest BCUT2D eigenvalue weighted by Crippen LogP contribution is 2.40. The van der Waals surface area contributed by atoms with Crippen molar-refractivity contribution in [3.63, 3.8) is 0 Å². The number of amides is 4. The van der Waals surface area contributed by atoms with E-state index in [2.05, 4.69) is 21.3 Å². The van der Waals surface area contributed by atoms with Crippen LogP contribution in [0.5, 0.6) is 0 Å². The van der Waals surface area contributed by atoms with Crippen LogP contribution in [0.15, 0.2) is 0 Å². The van der Waals surface area contributed by atoms with Gasteiger partial charge in [0.25, 0.3) is 0 Å². The molecule has 7 aliphatic heterocycles. The number of carbonyl (C=O) groups excluding carboxylic acids is 5. The summed E-state index contributed by atoms with van der Waals surface area (Å²) < 4.78 is 81.4. The van der Waals surface area contributed by atoms with E-state index in [1.54, 1.807) is 0 Å². The third kappa shape index (κ3) is 18.8. The molecule has 45 heteroatoms. The molecule has 100 heavy (non-hydrogen) atoms. The van der Waals surface area contributed by atoms with Gasteiger partial charge in [0.1, 0.15) is 171 Å². The first-order valence-electron chi connectivity index (χ1n) is 31.4. The summed E-state index contributed by atoms with van der Waals surface area (Å²) in [5, 5.41) is 252. The fourth-order valence-corrected chi connectivity index (χ4v) is 12.4. The molecule has 0 saturated carbocycles. The van der Waals surface area contributed by atoms with Gasteiger partial charge in [0.2, 0.25) is 29.9 Å². The summed E-state index contributed by atoms with van der Waals surface area (Å²) in [7, 11) is 0. The number of hydrogen-bond donors (Lipinski definition) is 25. The smallest absolute Gasteiger partial charge is 0.217 e. The van der Waals surface area contributed by atoms with E-state index < -0.39 is 316 Å². The highest BCUT2D eigenvalue weighted by Gasteiger charge is 2.61. The highest BCUT2D eigenvalue weighted by atomic mass is 16.8. The first kappa shape index (κ1) is 83.2. The molecule has 578 valence electrons. The van der Waals surface area contributed by atoms with Gasteiger partial charge in [-0.05, 0) is 0 Å². The SMILES string of the molecule is CC(=O)N[C@H]1[C@H](OC[C@H]2O[C@@H](O[C@H]3[C@H](O)[C@@H](O)[C@H](OC[C@@H](CO)NC=O)O[C@@H]3CO)[C@H](O)[C@@H](O[C@@H]3O[C@H](CO)[C@@H](O)[C@H](O[C@@H]4O[C@H](CO)[C@H](O)[C@H](O[C@]5(C(=O)[O-])C[C@H](O)[C@@H](NC(C)=O)[C@H]([C@H](O)[C@H](O)CO)O5)[C@H]4O)[C@H]3NC(C)=O)[C@H]2O)O[C@H](CO)[C@@H](O[C@@H]2O[C@H](CO)[C@H](O)[C@H](O)[C@H]2O)[C@@H]1O. The lowest BCUT2D eigenvalue weighted by Crippen LogP contribution is -2.72. The van der Waals surface area contributed by atoms with Crippen LogP contribution in [0.2, 0.25) is 0 Å². The van der Waals surface area contributed by atoms with E-state index in [1.807, 2.05) is 0 Å². The molecule has 0 spiro atoms. The Morgan fingerprint density at radius 1 is 0.470 bits per heavy atom. The Labute approximate surface area is 565 Å². The average Bonchev–Trinajstić information content (AvgIpc) is 0.761. The molecular weight excluding hydrogens is 1370 g/mol. The number of carboxylic acid groups (broad SMARTS) is 1. The van der Waals surface area contributed by atoms with Crippen LogP contribution >= 0.6 is 0 Å². The van der Waals surface area contributed by atoms with Crippen molar-refractivity contribution < 1.29 is 203 Å². The van der Waals surface area contributed by atoms with Crippen LogP contribution in [0.4, 0.5) is 0 Å². The van der Waals surface area contributed by atoms with Gasteiger partial charge >= 0.3 is 0 Å². The number of aliphatic hydroxyl groups is 21. The third-order valence-corrected chi connectivity index (χ3v) is 17.7. The lowest BCUT2D eigenvalue weighted by atomic mass is 9.88. The summed E-state index contributed by atoms with van der Waals surface area (Å²) >= 11 is 0. The number of carbonyl (C=O) groups is 5. The minimum absolute atomic E-state index is 0.222. The van der Waals surface area contributed by atoms with E-state index in [1.165, 1.54) is 0 Å². The van der Waals surface area contributed by atoms with Gasteiger partial charge in [0.15, 0.2) is 37.7 Å². The molecule has 4 amide bonds. The number of ether oxygens (including phenoxy) is 14. The second-order valence-corrected chi connectivity index (χ2v) is 24.7. The standard InChI is InChI=1S/C55H92N4O41/c1-15(68)57-27-19(71)4-55(54(85)86,99-45(27)30(73)20(72)6-61)100-47-33(76)23(9-64)91-53(41(47)84)97-44-29(59-17(3)70)49(89-22(8-63)32(44)75)98-46-34(77)26(94-52(40(46)83)96-43-25(11-66)93-50(39(82)37(43)80)87-12-18(5-60)56-14-67)13-88-48-28(58-16(2)69)35(78)42(24(10-65)92-48)95-51-38(81)36(79)31(74)21(7-62)90-51/h14,18-53,60-66,71-84H,4-13H2,1-3H3,(H,56,67)(H,57,68)(H,58,69)(H,59,70)(H,85,86)/p-1/t18-,19+,20-,21-,22-,23-,24-,25-,26-,27-,28-,29-,30-,31+,32-,33+,34+,35-,36+,37-,38-,39-,40-,41-,42-,43-,44-,45-,46+,47+,48-,49+,50-,51+,52+,53+,55+/m1/s1. The average molecular weight is 1460 g/mol. The van der Waals surface area contributed by atoms with Crippen molar-refractivity contribution in [3.8, 4) is 0 Å². The van der Waals surface area contributed by atoms with Gasteiger partial charge in [-0.25, -0.2) is 0 Å². The van der Waals surface area contributed by atoms with Crippen LogP contribution in [0.1, 0.15) is 27.2 Å². The minimum atomic E-state index is -3.41. The van der Waals surface area contributed by atoms with Crippen molar-refractivity contribution in [1.29, 1.82) is 0 Å². The van der Waals surface area contributed by atoms with E-state index in [9.17, 15) is 136 Å². The molecule has 0 aromatic heterocycles. The Balaban J connectivity index is 1.21. The predicted octanol–water partition coefficient (Wildman–Crippen LogP) is -18.8. The Bertz CT molecular complexity index is 2600. The van der Waals surface area contributed by atoms with Gasteiger partial charge in [-0.1, -0.05) is 0 Å². The molecule has 7 fully saturated rings. The molecule has 0 aromatic rings. The molecule has 0 aliphatic carbocycles. The molecule has 37 atom stereocenters. The second-order valence-electron chi connectivity index (χ2n) is 24.7. The number of carboxylic acids is 1. The predicted molar refractivity (Wildman–Crippen MR) is 305 cm³/mol. The van der Waals surface area contributed by atoms with Crippen molar-refractivity contribution in [2.75, 3.05) is 59.5 Å². The minimum Gasteiger partial charge on any atom is -0.544 e. The number of aliphatic hydroxyl groups excluding tert-OH is 21. The maximum absolute atomic E-state index is 13.2. The van der Waals surface area contributed by atoms with Crippen LogP contribution < -0.4 is 26.4 Å². The van der Waals surface area contributed by atoms with Crippen LogP contribution in [0.3, 0.4) is 0 Å². The number of aliphatic carboxylic acids is 1. The van der Waals surface area contributed by atoms with Gasteiger partial charge in [0.05, 0.1) is 77.6 Å². The summed E-state index contributed by atoms with van der Waals surface area (Å²) in [5.74, 6) is -8.61. The van der Waals surface area contributed by atoms with Crippen LogP contribution in [0.25, 0.3) is 0 Å². The van der Waals surface area contributed by atoms with Gasteiger partial charge < -0.3 is 205 Å². The third-order valence-electron chi connectivity index (χ3n) is 17.7. The van der Waals surface area contributed by atoms with E-state index in [0.717, 1.165) is 20.8 Å². The maximum atomic E-state index is 13.2. The number of hydrogen-bond acceptors (Lipinski definition) is 41. The first-order chi connectivity index (χ1) is 47.3. The molecule has 0 bridgehead atoms. The summed E-state index contributed by atoms with van der Waals surface area (Å²) in [4.78, 5) is 62.3. The summed E-state index contributed by atoms with van der Waals surface area (Å²) in [5.41, 5.74) is 0. The Morgan fingerprint density at radius 3 is 1.44 bits per heavy atom. The molecule has 7 aliphatic rings. The summed E-state index contributed by atoms with van der Waals surface area (Å²) in [6.07, 6.45) is -68.7. The fourth-order valence-electron chi connectivity index (χ4n) is 12.4. The number of nitrogens with one attached hydrogen (secondary N) is 4. The molecule has 0 unspecified atom stereocenters. The van der Waals surface area contributed by atoms with Crippen molar-refractivity contribution in [2.45, 2.75) is 254 Å². The van der Waals surface area contributed by atoms with Crippen LogP contribution in [0, 0.1) is 0 Å². The summed E-state index contributed by atoms with van der Waals surface area (Å²) in [6, 6.07) is -6.70. The second kappa shape index (κ2) is 36.8. The molecule has 7 heterocycles. The molecule has 7 saturated heterocycles. The maximum Gasteiger partial charge on any atom is 0.217 e. The zero-order chi connectivity index (χ0) is 74.1. The van der Waals surface area contributed by atoms with Gasteiger partial charge in [-0.2, -0.15) is 0 Å². The Morgan fingerprint density at radius 2 is 0.910 bits per heavy atom. The van der Waals surface area contributed by atoms with E-state index in [0.29, 0.717) is 0 Å². The quantitative estimate of drug-likeness (QED) is 0.0287. The monoisotopic (exact) mass is 1460 g/mol. The lowest BCUT2D eigenvalue weighted by Gasteiger charge is -2.52. The Hall–Kier alpha value is -4.05. The summed E-state index contributed by atoms with van der Waals surface area (Å²) in [6.45, 7) is -6.21. The topological polar surface area (TPSA) is 711 Å². The van der Waals surface area contributed by atoms with Crippen LogP contribution in [-0.4, -0.2) is 423 Å². The van der Waals surface area contributed by atoms with Crippen molar-refractivity contribution in [2.24, 2.45) is 0 Å². The van der Waals surface area contributed by atoms with Gasteiger partial charge in [0, 0.05) is 27.2 Å².